The molecule has 0 saturated carbocycles. The number of amides is 1. The summed E-state index contributed by atoms with van der Waals surface area (Å²) in [6, 6.07) is 5.51. The van der Waals surface area contributed by atoms with Gasteiger partial charge in [0, 0.05) is 11.4 Å². The maximum Gasteiger partial charge on any atom is 0.252 e. The Hall–Kier alpha value is -2.17. The lowest BCUT2D eigenvalue weighted by Crippen LogP contribution is -2.17. The van der Waals surface area contributed by atoms with Crippen molar-refractivity contribution in [1.82, 2.24) is 14.8 Å². The molecule has 2 aromatic rings. The van der Waals surface area contributed by atoms with E-state index in [1.807, 2.05) is 26.8 Å². The first-order valence-corrected chi connectivity index (χ1v) is 6.42. The molecule has 0 aliphatic heterocycles. The van der Waals surface area contributed by atoms with Crippen LogP contribution in [0.25, 0.3) is 5.82 Å². The molecule has 0 unspecified atom stereocenters. The number of primary amides is 1. The van der Waals surface area contributed by atoms with Gasteiger partial charge < -0.3 is 5.73 Å². The van der Waals surface area contributed by atoms with Crippen LogP contribution in [0.1, 0.15) is 41.3 Å². The van der Waals surface area contributed by atoms with Crippen LogP contribution in [0.5, 0.6) is 0 Å². The molecule has 2 rings (SSSR count). The molecule has 0 atom stereocenters. The lowest BCUT2D eigenvalue weighted by Gasteiger charge is -2.09. The Morgan fingerprint density at radius 3 is 2.63 bits per heavy atom. The maximum absolute atomic E-state index is 11.5. The highest BCUT2D eigenvalue weighted by Crippen LogP contribution is 2.17. The monoisotopic (exact) mass is 258 g/mol. The van der Waals surface area contributed by atoms with E-state index in [0.717, 1.165) is 29.9 Å². The molecule has 100 valence electrons. The van der Waals surface area contributed by atoms with Gasteiger partial charge in [-0.05, 0) is 38.0 Å². The first-order chi connectivity index (χ1) is 9.06. The van der Waals surface area contributed by atoms with Gasteiger partial charge in [-0.2, -0.15) is 5.10 Å². The standard InChI is InChI=1S/C14H18N4O/c1-4-10-8-11(5-2)18(17-10)14-12(13(15)19)7-6-9(3)16-14/h6-8H,4-5H2,1-3H3,(H2,15,19). The average molecular weight is 258 g/mol. The van der Waals surface area contributed by atoms with Crippen molar-refractivity contribution >= 4 is 5.91 Å². The minimum atomic E-state index is -0.488. The Morgan fingerprint density at radius 2 is 2.05 bits per heavy atom. The molecule has 0 saturated heterocycles. The minimum Gasteiger partial charge on any atom is -0.365 e. The summed E-state index contributed by atoms with van der Waals surface area (Å²) in [5.41, 5.74) is 8.64. The predicted molar refractivity (Wildman–Crippen MR) is 73.4 cm³/mol. The van der Waals surface area contributed by atoms with Crippen molar-refractivity contribution in [3.63, 3.8) is 0 Å². The number of hydrogen-bond donors (Lipinski definition) is 1. The molecule has 2 N–H and O–H groups in total. The lowest BCUT2D eigenvalue weighted by molar-refractivity contribution is 0.1000. The first-order valence-electron chi connectivity index (χ1n) is 6.42. The van der Waals surface area contributed by atoms with Gasteiger partial charge in [-0.25, -0.2) is 9.67 Å². The summed E-state index contributed by atoms with van der Waals surface area (Å²) < 4.78 is 1.73. The van der Waals surface area contributed by atoms with E-state index in [-0.39, 0.29) is 0 Å². The number of aryl methyl sites for hydroxylation is 3. The van der Waals surface area contributed by atoms with Crippen molar-refractivity contribution in [3.05, 3.63) is 40.8 Å². The van der Waals surface area contributed by atoms with Crippen LogP contribution in [-0.4, -0.2) is 20.7 Å². The van der Waals surface area contributed by atoms with Crippen LogP contribution in [0.15, 0.2) is 18.2 Å². The topological polar surface area (TPSA) is 73.8 Å². The van der Waals surface area contributed by atoms with Crippen molar-refractivity contribution < 1.29 is 4.79 Å². The van der Waals surface area contributed by atoms with E-state index in [2.05, 4.69) is 10.1 Å². The molecule has 0 aliphatic rings. The Morgan fingerprint density at radius 1 is 1.32 bits per heavy atom. The minimum absolute atomic E-state index is 0.394. The van der Waals surface area contributed by atoms with Crippen molar-refractivity contribution in [2.24, 2.45) is 5.73 Å². The molecule has 0 radical (unpaired) electrons. The molecular weight excluding hydrogens is 240 g/mol. The number of pyridine rings is 1. The van der Waals surface area contributed by atoms with E-state index < -0.39 is 5.91 Å². The third-order valence-corrected chi connectivity index (χ3v) is 3.04. The summed E-state index contributed by atoms with van der Waals surface area (Å²) >= 11 is 0. The summed E-state index contributed by atoms with van der Waals surface area (Å²) in [6.45, 7) is 5.97. The molecule has 2 aromatic heterocycles. The number of aromatic nitrogens is 3. The summed E-state index contributed by atoms with van der Waals surface area (Å²) in [5, 5.41) is 4.50. The number of hydrogen-bond acceptors (Lipinski definition) is 3. The zero-order valence-corrected chi connectivity index (χ0v) is 11.5. The van der Waals surface area contributed by atoms with E-state index in [1.165, 1.54) is 0 Å². The SMILES string of the molecule is CCc1cc(CC)n(-c2nc(C)ccc2C(N)=O)n1. The summed E-state index contributed by atoms with van der Waals surface area (Å²) in [4.78, 5) is 15.9. The van der Waals surface area contributed by atoms with Crippen LogP contribution < -0.4 is 5.73 Å². The van der Waals surface area contributed by atoms with Gasteiger partial charge in [-0.3, -0.25) is 4.79 Å². The van der Waals surface area contributed by atoms with Crippen LogP contribution in [0.3, 0.4) is 0 Å². The van der Waals surface area contributed by atoms with Crippen molar-refractivity contribution in [2.45, 2.75) is 33.6 Å². The molecular formula is C14H18N4O. The number of nitrogens with zero attached hydrogens (tertiary/aromatic N) is 3. The smallest absolute Gasteiger partial charge is 0.252 e. The zero-order valence-electron chi connectivity index (χ0n) is 11.5. The van der Waals surface area contributed by atoms with Crippen LogP contribution >= 0.6 is 0 Å². The fourth-order valence-electron chi connectivity index (χ4n) is 1.98. The predicted octanol–water partition coefficient (Wildman–Crippen LogP) is 1.80. The fourth-order valence-corrected chi connectivity index (χ4v) is 1.98. The molecule has 5 heteroatoms. The third-order valence-electron chi connectivity index (χ3n) is 3.04. The van der Waals surface area contributed by atoms with Crippen LogP contribution in [-0.2, 0) is 12.8 Å². The fraction of sp³-hybridized carbons (Fsp3) is 0.357. The van der Waals surface area contributed by atoms with E-state index in [1.54, 1.807) is 16.8 Å². The molecule has 5 nitrogen and oxygen atoms in total. The number of nitrogens with two attached hydrogens (primary N) is 1. The number of rotatable bonds is 4. The Bertz CT molecular complexity index is 616. The summed E-state index contributed by atoms with van der Waals surface area (Å²) in [7, 11) is 0. The Balaban J connectivity index is 2.66. The van der Waals surface area contributed by atoms with Crippen molar-refractivity contribution in [1.29, 1.82) is 0 Å². The van der Waals surface area contributed by atoms with Crippen LogP contribution in [0.2, 0.25) is 0 Å². The first kappa shape index (κ1) is 13.3. The molecule has 19 heavy (non-hydrogen) atoms. The van der Waals surface area contributed by atoms with Gasteiger partial charge in [0.2, 0.25) is 0 Å². The van der Waals surface area contributed by atoms with E-state index >= 15 is 0 Å². The van der Waals surface area contributed by atoms with Gasteiger partial charge in [-0.15, -0.1) is 0 Å². The van der Waals surface area contributed by atoms with Gasteiger partial charge in [0.05, 0.1) is 11.3 Å². The highest BCUT2D eigenvalue weighted by Gasteiger charge is 2.16. The average Bonchev–Trinajstić information content (AvgIpc) is 2.81. The molecule has 2 heterocycles. The lowest BCUT2D eigenvalue weighted by atomic mass is 10.2. The van der Waals surface area contributed by atoms with E-state index in [9.17, 15) is 4.79 Å². The highest BCUT2D eigenvalue weighted by molar-refractivity contribution is 5.95. The molecule has 0 spiro atoms. The van der Waals surface area contributed by atoms with Crippen molar-refractivity contribution in [3.8, 4) is 5.82 Å². The summed E-state index contributed by atoms with van der Waals surface area (Å²) in [5.74, 6) is 0.0298. The van der Waals surface area contributed by atoms with Gasteiger partial charge in [0.15, 0.2) is 5.82 Å². The summed E-state index contributed by atoms with van der Waals surface area (Å²) in [6.07, 6.45) is 1.67. The third kappa shape index (κ3) is 2.50. The Kier molecular flexibility index (Phi) is 3.64. The highest BCUT2D eigenvalue weighted by atomic mass is 16.1. The van der Waals surface area contributed by atoms with Gasteiger partial charge in [0.1, 0.15) is 0 Å². The van der Waals surface area contributed by atoms with Gasteiger partial charge in [-0.1, -0.05) is 13.8 Å². The zero-order chi connectivity index (χ0) is 14.0. The molecule has 0 aliphatic carbocycles. The Labute approximate surface area is 112 Å². The molecule has 0 aromatic carbocycles. The molecule has 1 amide bonds. The van der Waals surface area contributed by atoms with Gasteiger partial charge >= 0.3 is 0 Å². The maximum atomic E-state index is 11.5. The quantitative estimate of drug-likeness (QED) is 0.908. The van der Waals surface area contributed by atoms with Crippen LogP contribution in [0.4, 0.5) is 0 Å². The van der Waals surface area contributed by atoms with E-state index in [4.69, 9.17) is 5.73 Å². The number of carbonyl (C=O) groups is 1. The molecule has 0 bridgehead atoms. The van der Waals surface area contributed by atoms with E-state index in [0.29, 0.717) is 11.4 Å². The van der Waals surface area contributed by atoms with Gasteiger partial charge in [0.25, 0.3) is 5.91 Å². The largest absolute Gasteiger partial charge is 0.365 e. The second-order valence-corrected chi connectivity index (χ2v) is 4.43. The van der Waals surface area contributed by atoms with Crippen molar-refractivity contribution in [2.75, 3.05) is 0 Å². The number of carbonyl (C=O) groups excluding carboxylic acids is 1. The second-order valence-electron chi connectivity index (χ2n) is 4.43. The normalized spacial score (nSPS) is 10.7. The second kappa shape index (κ2) is 5.22. The van der Waals surface area contributed by atoms with Crippen LogP contribution in [0, 0.1) is 6.92 Å². The molecule has 0 fully saturated rings.